The van der Waals surface area contributed by atoms with E-state index in [9.17, 15) is 9.18 Å². The highest BCUT2D eigenvalue weighted by Crippen LogP contribution is 2.31. The average Bonchev–Trinajstić information content (AvgIpc) is 3.06. The predicted molar refractivity (Wildman–Crippen MR) is 83.4 cm³/mol. The molecule has 2 aromatic rings. The molecule has 0 bridgehead atoms. The Morgan fingerprint density at radius 1 is 1.39 bits per heavy atom. The molecule has 0 fully saturated rings. The van der Waals surface area contributed by atoms with Gasteiger partial charge in [0.1, 0.15) is 17.3 Å². The summed E-state index contributed by atoms with van der Waals surface area (Å²) in [5.74, 6) is 1.73. The molecule has 0 atom stereocenters. The van der Waals surface area contributed by atoms with Crippen LogP contribution < -0.4 is 10.1 Å². The van der Waals surface area contributed by atoms with Crippen molar-refractivity contribution >= 4 is 17.7 Å². The summed E-state index contributed by atoms with van der Waals surface area (Å²) in [7, 11) is 0. The van der Waals surface area contributed by atoms with E-state index in [1.165, 1.54) is 23.9 Å². The van der Waals surface area contributed by atoms with Crippen molar-refractivity contribution in [1.29, 1.82) is 0 Å². The Bertz CT molecular complexity index is 675. The van der Waals surface area contributed by atoms with Crippen LogP contribution in [0.2, 0.25) is 0 Å². The van der Waals surface area contributed by atoms with Gasteiger partial charge in [0.2, 0.25) is 5.91 Å². The van der Waals surface area contributed by atoms with Crippen LogP contribution in [0.5, 0.6) is 5.75 Å². The molecule has 1 aromatic carbocycles. The van der Waals surface area contributed by atoms with Gasteiger partial charge in [-0.1, -0.05) is 0 Å². The Hall–Kier alpha value is -1.99. The number of thioether (sulfide) groups is 1. The van der Waals surface area contributed by atoms with Crippen molar-refractivity contribution in [3.8, 4) is 5.75 Å². The van der Waals surface area contributed by atoms with Crippen molar-refractivity contribution in [1.82, 2.24) is 5.32 Å². The molecular weight excluding hydrogens is 321 g/mol. The van der Waals surface area contributed by atoms with Crippen LogP contribution in [0.4, 0.5) is 4.39 Å². The number of carbonyl (C=O) groups is 1. The second kappa shape index (κ2) is 7.52. The summed E-state index contributed by atoms with van der Waals surface area (Å²) in [4.78, 5) is 11.8. The van der Waals surface area contributed by atoms with Crippen molar-refractivity contribution in [3.05, 3.63) is 53.2 Å². The molecule has 1 aliphatic heterocycles. The summed E-state index contributed by atoms with van der Waals surface area (Å²) >= 11 is 1.40. The molecule has 0 aliphatic carbocycles. The monoisotopic (exact) mass is 337 g/mol. The fraction of sp³-hybridized carbons (Fsp3) is 0.312. The van der Waals surface area contributed by atoms with Crippen LogP contribution in [0.15, 0.2) is 34.9 Å². The van der Waals surface area contributed by atoms with Gasteiger partial charge in [-0.25, -0.2) is 4.39 Å². The van der Waals surface area contributed by atoms with Gasteiger partial charge in [-0.2, -0.15) is 0 Å². The molecular formula is C16H16FNO4S. The van der Waals surface area contributed by atoms with Crippen LogP contribution in [0.25, 0.3) is 0 Å². The summed E-state index contributed by atoms with van der Waals surface area (Å²) in [6, 6.07) is 6.43. The Kier molecular flexibility index (Phi) is 5.19. The first-order chi connectivity index (χ1) is 11.2. The van der Waals surface area contributed by atoms with Gasteiger partial charge in [0, 0.05) is 16.9 Å². The van der Waals surface area contributed by atoms with E-state index in [0.29, 0.717) is 36.0 Å². The number of halogens is 1. The number of furan rings is 1. The fourth-order valence-corrected chi connectivity index (χ4v) is 3.09. The molecule has 1 N–H and O–H groups in total. The number of nitrogens with one attached hydrogen (secondary N) is 1. The van der Waals surface area contributed by atoms with E-state index in [1.807, 2.05) is 0 Å². The zero-order valence-electron chi connectivity index (χ0n) is 12.3. The maximum atomic E-state index is 13.6. The fourth-order valence-electron chi connectivity index (χ4n) is 2.27. The summed E-state index contributed by atoms with van der Waals surface area (Å²) in [5.41, 5.74) is 1.45. The Balaban J connectivity index is 1.50. The summed E-state index contributed by atoms with van der Waals surface area (Å²) in [6.45, 7) is 0.872. The third-order valence-electron chi connectivity index (χ3n) is 3.28. The zero-order valence-corrected chi connectivity index (χ0v) is 13.2. The minimum absolute atomic E-state index is 0.0964. The van der Waals surface area contributed by atoms with Crippen LogP contribution >= 0.6 is 11.8 Å². The molecule has 0 radical (unpaired) electrons. The molecule has 0 saturated carbocycles. The van der Waals surface area contributed by atoms with Gasteiger partial charge in [-0.3, -0.25) is 4.79 Å². The number of amides is 1. The highest BCUT2D eigenvalue weighted by atomic mass is 32.2. The second-order valence-corrected chi connectivity index (χ2v) is 6.00. The molecule has 3 rings (SSSR count). The molecule has 1 aromatic heterocycles. The minimum atomic E-state index is -0.323. The maximum absolute atomic E-state index is 13.6. The van der Waals surface area contributed by atoms with Crippen molar-refractivity contribution < 1.29 is 23.1 Å². The Morgan fingerprint density at radius 2 is 2.30 bits per heavy atom. The first kappa shape index (κ1) is 15.9. The van der Waals surface area contributed by atoms with E-state index in [-0.39, 0.29) is 24.3 Å². The second-order valence-electron chi connectivity index (χ2n) is 5.01. The van der Waals surface area contributed by atoms with Crippen LogP contribution in [0.1, 0.15) is 16.9 Å². The lowest BCUT2D eigenvalue weighted by Gasteiger charge is -2.20. The number of carbonyl (C=O) groups excluding carboxylic acids is 1. The van der Waals surface area contributed by atoms with Crippen LogP contribution in [0, 0.1) is 5.82 Å². The van der Waals surface area contributed by atoms with Crippen molar-refractivity contribution in [2.75, 3.05) is 12.5 Å². The summed E-state index contributed by atoms with van der Waals surface area (Å²) in [6.07, 6.45) is 1.56. The molecule has 5 nitrogen and oxygen atoms in total. The third kappa shape index (κ3) is 4.27. The standard InChI is InChI=1S/C16H16FNO4S/c17-13-4-11-7-20-10-22-16(11)12(5-13)8-23-9-15(19)18-6-14-2-1-3-21-14/h1-5H,6-10H2,(H,18,19). The molecule has 122 valence electrons. The highest BCUT2D eigenvalue weighted by molar-refractivity contribution is 7.99. The van der Waals surface area contributed by atoms with Crippen molar-refractivity contribution in [2.24, 2.45) is 0 Å². The Morgan fingerprint density at radius 3 is 3.13 bits per heavy atom. The van der Waals surface area contributed by atoms with Gasteiger partial charge >= 0.3 is 0 Å². The van der Waals surface area contributed by atoms with Gasteiger partial charge in [-0.15, -0.1) is 11.8 Å². The molecule has 0 saturated heterocycles. The molecule has 7 heteroatoms. The van der Waals surface area contributed by atoms with Crippen LogP contribution in [-0.4, -0.2) is 18.5 Å². The number of hydrogen-bond acceptors (Lipinski definition) is 5. The van der Waals surface area contributed by atoms with Crippen LogP contribution in [0.3, 0.4) is 0 Å². The summed E-state index contributed by atoms with van der Waals surface area (Å²) < 4.78 is 29.3. The molecule has 2 heterocycles. The van der Waals surface area contributed by atoms with Gasteiger partial charge in [0.05, 0.1) is 25.2 Å². The van der Waals surface area contributed by atoms with E-state index in [2.05, 4.69) is 5.32 Å². The van der Waals surface area contributed by atoms with E-state index in [1.54, 1.807) is 18.4 Å². The number of fused-ring (bicyclic) bond motifs is 1. The van der Waals surface area contributed by atoms with E-state index in [4.69, 9.17) is 13.9 Å². The van der Waals surface area contributed by atoms with E-state index >= 15 is 0 Å². The first-order valence-corrected chi connectivity index (χ1v) is 8.26. The molecule has 0 spiro atoms. The third-order valence-corrected chi connectivity index (χ3v) is 4.26. The summed E-state index contributed by atoms with van der Waals surface area (Å²) in [5, 5.41) is 2.77. The molecule has 0 unspecified atom stereocenters. The van der Waals surface area contributed by atoms with Crippen molar-refractivity contribution in [3.63, 3.8) is 0 Å². The predicted octanol–water partition coefficient (Wildman–Crippen LogP) is 2.83. The number of ether oxygens (including phenoxy) is 2. The smallest absolute Gasteiger partial charge is 0.230 e. The van der Waals surface area contributed by atoms with E-state index < -0.39 is 0 Å². The lowest BCUT2D eigenvalue weighted by atomic mass is 10.1. The number of benzene rings is 1. The Labute approximate surface area is 137 Å². The van der Waals surface area contributed by atoms with Gasteiger partial charge in [0.15, 0.2) is 6.79 Å². The number of hydrogen-bond donors (Lipinski definition) is 1. The maximum Gasteiger partial charge on any atom is 0.230 e. The molecule has 1 amide bonds. The van der Waals surface area contributed by atoms with Gasteiger partial charge in [-0.05, 0) is 24.3 Å². The van der Waals surface area contributed by atoms with Crippen LogP contribution in [-0.2, 0) is 28.4 Å². The lowest BCUT2D eigenvalue weighted by molar-refractivity contribution is -0.118. The lowest BCUT2D eigenvalue weighted by Crippen LogP contribution is -2.24. The number of rotatable bonds is 6. The first-order valence-electron chi connectivity index (χ1n) is 7.11. The molecule has 23 heavy (non-hydrogen) atoms. The quantitative estimate of drug-likeness (QED) is 0.878. The van der Waals surface area contributed by atoms with Gasteiger partial charge in [0.25, 0.3) is 0 Å². The van der Waals surface area contributed by atoms with E-state index in [0.717, 1.165) is 5.56 Å². The topological polar surface area (TPSA) is 60.7 Å². The average molecular weight is 337 g/mol. The normalized spacial score (nSPS) is 13.3. The minimum Gasteiger partial charge on any atom is -0.467 e. The largest absolute Gasteiger partial charge is 0.467 e. The SMILES string of the molecule is O=C(CSCc1cc(F)cc2c1OCOC2)NCc1ccco1. The van der Waals surface area contributed by atoms with Gasteiger partial charge < -0.3 is 19.2 Å². The zero-order chi connectivity index (χ0) is 16.1. The highest BCUT2D eigenvalue weighted by Gasteiger charge is 2.17. The van der Waals surface area contributed by atoms with Crippen molar-refractivity contribution in [2.45, 2.75) is 18.9 Å². The molecule has 1 aliphatic rings.